The Labute approximate surface area is 190 Å². The summed E-state index contributed by atoms with van der Waals surface area (Å²) in [4.78, 5) is 15.4. The van der Waals surface area contributed by atoms with Gasteiger partial charge in [0.15, 0.2) is 0 Å². The third-order valence-electron chi connectivity index (χ3n) is 5.11. The summed E-state index contributed by atoms with van der Waals surface area (Å²) in [5, 5.41) is 8.13. The van der Waals surface area contributed by atoms with Crippen LogP contribution in [-0.2, 0) is 18.2 Å². The molecule has 1 aromatic carbocycles. The molecule has 0 atom stereocenters. The first-order chi connectivity index (χ1) is 15.2. The van der Waals surface area contributed by atoms with Gasteiger partial charge in [0.2, 0.25) is 5.88 Å². The fourth-order valence-electron chi connectivity index (χ4n) is 3.34. The van der Waals surface area contributed by atoms with E-state index in [9.17, 15) is 4.79 Å². The Kier molecular flexibility index (Phi) is 7.84. The third-order valence-corrected chi connectivity index (χ3v) is 6.82. The zero-order valence-corrected chi connectivity index (χ0v) is 20.7. The zero-order chi connectivity index (χ0) is 23.1. The highest BCUT2D eigenvalue weighted by atomic mass is 28.3. The normalized spacial score (nSPS) is 11.5. The number of fused-ring (bicyclic) bond motifs is 1. The van der Waals surface area contributed by atoms with Crippen LogP contribution < -0.4 is 14.8 Å². The molecule has 2 N–H and O–H groups in total. The molecule has 32 heavy (non-hydrogen) atoms. The molecule has 174 valence electrons. The number of ether oxygens (including phenoxy) is 3. The Morgan fingerprint density at radius 3 is 2.66 bits per heavy atom. The molecule has 0 spiro atoms. The van der Waals surface area contributed by atoms with E-state index in [1.54, 1.807) is 4.68 Å². The Morgan fingerprint density at radius 1 is 1.16 bits per heavy atom. The molecule has 0 unspecified atom stereocenters. The van der Waals surface area contributed by atoms with Crippen molar-refractivity contribution in [2.45, 2.75) is 39.0 Å². The second-order valence-corrected chi connectivity index (χ2v) is 14.7. The van der Waals surface area contributed by atoms with E-state index < -0.39 is 8.07 Å². The predicted octanol–water partition coefficient (Wildman–Crippen LogP) is 4.27. The Balaban J connectivity index is 1.49. The Hall–Kier alpha value is -2.94. The van der Waals surface area contributed by atoms with Crippen molar-refractivity contribution in [3.63, 3.8) is 0 Å². The number of hydrogen-bond acceptors (Lipinski definition) is 5. The largest absolute Gasteiger partial charge is 0.490 e. The molecule has 1 amide bonds. The number of nitrogens with zero attached hydrogens (tertiary/aromatic N) is 2. The van der Waals surface area contributed by atoms with E-state index in [2.05, 4.69) is 35.0 Å². The first kappa shape index (κ1) is 23.7. The van der Waals surface area contributed by atoms with Crippen molar-refractivity contribution in [2.75, 3.05) is 26.4 Å². The molecule has 0 saturated carbocycles. The van der Waals surface area contributed by atoms with Crippen LogP contribution in [0.2, 0.25) is 25.7 Å². The number of rotatable bonds is 11. The zero-order valence-electron chi connectivity index (χ0n) is 19.7. The lowest BCUT2D eigenvalue weighted by Crippen LogP contribution is -2.29. The molecule has 0 fully saturated rings. The maximum atomic E-state index is 11.9. The minimum atomic E-state index is -1.20. The molecule has 0 bridgehead atoms. The van der Waals surface area contributed by atoms with Crippen LogP contribution in [0.3, 0.4) is 0 Å². The highest BCUT2D eigenvalue weighted by molar-refractivity contribution is 6.76. The lowest BCUT2D eigenvalue weighted by atomic mass is 10.1. The van der Waals surface area contributed by atoms with Gasteiger partial charge in [-0.05, 0) is 43.2 Å². The third kappa shape index (κ3) is 7.05. The molecule has 0 radical (unpaired) electrons. The molecular formula is C23H34N4O4Si. The average Bonchev–Trinajstić information content (AvgIpc) is 3.27. The standard InChI is InChI=1S/C23H34N4O4Si/c1-17-19(8-10-24-23(28)31-14-15-32(3,4)5)20-16-18(6-7-21(20)25-17)29-12-13-30-22-9-11-27(2)26-22/h6-7,9,11,16,25H,8,10,12-15H2,1-5H3,(H,24,28). The summed E-state index contributed by atoms with van der Waals surface area (Å²) in [6.07, 6.45) is 2.20. The number of H-pyrrole nitrogens is 1. The number of amides is 1. The smallest absolute Gasteiger partial charge is 0.407 e. The molecule has 3 aromatic rings. The molecule has 8 nitrogen and oxygen atoms in total. The van der Waals surface area contributed by atoms with Crippen molar-refractivity contribution < 1.29 is 19.0 Å². The second-order valence-electron chi connectivity index (χ2n) is 9.08. The molecule has 2 aromatic heterocycles. The molecule has 9 heteroatoms. The van der Waals surface area contributed by atoms with Gasteiger partial charge in [0.05, 0.1) is 6.61 Å². The minimum Gasteiger partial charge on any atom is -0.490 e. The molecule has 3 rings (SSSR count). The number of nitrogens with one attached hydrogen (secondary N) is 2. The van der Waals surface area contributed by atoms with Crippen molar-refractivity contribution in [2.24, 2.45) is 7.05 Å². The van der Waals surface area contributed by atoms with Gasteiger partial charge in [0.1, 0.15) is 19.0 Å². The quantitative estimate of drug-likeness (QED) is 0.331. The van der Waals surface area contributed by atoms with Crippen LogP contribution in [0, 0.1) is 6.92 Å². The van der Waals surface area contributed by atoms with Gasteiger partial charge in [-0.25, -0.2) is 4.79 Å². The first-order valence-electron chi connectivity index (χ1n) is 11.0. The minimum absolute atomic E-state index is 0.349. The van der Waals surface area contributed by atoms with Crippen LogP contribution in [0.5, 0.6) is 11.6 Å². The van der Waals surface area contributed by atoms with Crippen molar-refractivity contribution >= 4 is 25.1 Å². The summed E-state index contributed by atoms with van der Waals surface area (Å²) >= 11 is 0. The summed E-state index contributed by atoms with van der Waals surface area (Å²) in [6.45, 7) is 10.7. The van der Waals surface area contributed by atoms with E-state index in [1.807, 2.05) is 44.4 Å². The number of benzene rings is 1. The van der Waals surface area contributed by atoms with E-state index >= 15 is 0 Å². The van der Waals surface area contributed by atoms with E-state index in [0.29, 0.717) is 38.7 Å². The lowest BCUT2D eigenvalue weighted by Gasteiger charge is -2.15. The fourth-order valence-corrected chi connectivity index (χ4v) is 4.05. The summed E-state index contributed by atoms with van der Waals surface area (Å²) in [7, 11) is 0.645. The van der Waals surface area contributed by atoms with Crippen molar-refractivity contribution in [3.05, 3.63) is 41.7 Å². The van der Waals surface area contributed by atoms with Gasteiger partial charge < -0.3 is 24.5 Å². The van der Waals surface area contributed by atoms with Crippen LogP contribution in [0.25, 0.3) is 10.9 Å². The van der Waals surface area contributed by atoms with Crippen LogP contribution in [0.15, 0.2) is 30.5 Å². The maximum Gasteiger partial charge on any atom is 0.407 e. The number of aromatic nitrogens is 3. The number of hydrogen-bond donors (Lipinski definition) is 2. The first-order valence-corrected chi connectivity index (χ1v) is 14.7. The van der Waals surface area contributed by atoms with Gasteiger partial charge in [0, 0.05) is 50.5 Å². The highest BCUT2D eigenvalue weighted by Gasteiger charge is 2.14. The predicted molar refractivity (Wildman–Crippen MR) is 128 cm³/mol. The van der Waals surface area contributed by atoms with Gasteiger partial charge in [-0.2, -0.15) is 0 Å². The van der Waals surface area contributed by atoms with Gasteiger partial charge in [-0.15, -0.1) is 5.10 Å². The molecule has 0 aliphatic rings. The number of aryl methyl sites for hydroxylation is 2. The monoisotopic (exact) mass is 458 g/mol. The molecule has 0 aliphatic carbocycles. The fraction of sp³-hybridized carbons (Fsp3) is 0.478. The van der Waals surface area contributed by atoms with Crippen molar-refractivity contribution in [3.8, 4) is 11.6 Å². The number of aromatic amines is 1. The average molecular weight is 459 g/mol. The van der Waals surface area contributed by atoms with Gasteiger partial charge in [0.25, 0.3) is 0 Å². The van der Waals surface area contributed by atoms with E-state index in [0.717, 1.165) is 34.0 Å². The van der Waals surface area contributed by atoms with Gasteiger partial charge in [-0.1, -0.05) is 19.6 Å². The van der Waals surface area contributed by atoms with Gasteiger partial charge in [-0.3, -0.25) is 4.68 Å². The van der Waals surface area contributed by atoms with E-state index in [4.69, 9.17) is 14.2 Å². The maximum absolute atomic E-state index is 11.9. The van der Waals surface area contributed by atoms with Gasteiger partial charge >= 0.3 is 6.09 Å². The number of carbonyl (C=O) groups is 1. The lowest BCUT2D eigenvalue weighted by molar-refractivity contribution is 0.152. The Bertz CT molecular complexity index is 1040. The molecule has 2 heterocycles. The summed E-state index contributed by atoms with van der Waals surface area (Å²) in [5.41, 5.74) is 3.30. The second kappa shape index (κ2) is 10.6. The SMILES string of the molecule is Cc1[nH]c2ccc(OCCOc3ccn(C)n3)cc2c1CCNC(=O)OCC[Si](C)(C)C. The van der Waals surface area contributed by atoms with Crippen molar-refractivity contribution in [1.29, 1.82) is 0 Å². The molecule has 0 aliphatic heterocycles. The van der Waals surface area contributed by atoms with Crippen LogP contribution in [0.4, 0.5) is 4.79 Å². The summed E-state index contributed by atoms with van der Waals surface area (Å²) in [5.74, 6) is 1.36. The number of carbonyl (C=O) groups excluding carboxylic acids is 1. The van der Waals surface area contributed by atoms with Crippen LogP contribution >= 0.6 is 0 Å². The summed E-state index contributed by atoms with van der Waals surface area (Å²) in [6, 6.07) is 8.77. The van der Waals surface area contributed by atoms with E-state index in [1.165, 1.54) is 0 Å². The molecule has 0 saturated heterocycles. The van der Waals surface area contributed by atoms with E-state index in [-0.39, 0.29) is 6.09 Å². The highest BCUT2D eigenvalue weighted by Crippen LogP contribution is 2.26. The Morgan fingerprint density at radius 2 is 1.94 bits per heavy atom. The summed E-state index contributed by atoms with van der Waals surface area (Å²) < 4.78 is 18.4. The van der Waals surface area contributed by atoms with Crippen LogP contribution in [0.1, 0.15) is 11.3 Å². The van der Waals surface area contributed by atoms with Crippen LogP contribution in [-0.4, -0.2) is 55.3 Å². The molecular weight excluding hydrogens is 424 g/mol. The van der Waals surface area contributed by atoms with Crippen molar-refractivity contribution in [1.82, 2.24) is 20.1 Å². The topological polar surface area (TPSA) is 90.4 Å². The number of alkyl carbamates (subject to hydrolysis) is 1.